The first-order valence-corrected chi connectivity index (χ1v) is 7.18. The van der Waals surface area contributed by atoms with E-state index < -0.39 is 0 Å². The summed E-state index contributed by atoms with van der Waals surface area (Å²) in [6, 6.07) is 13.4. The van der Waals surface area contributed by atoms with Crippen molar-refractivity contribution in [2.75, 3.05) is 5.73 Å². The number of H-pyrrole nitrogens is 1. The molecule has 21 heavy (non-hydrogen) atoms. The average molecular weight is 318 g/mol. The van der Waals surface area contributed by atoms with Crippen LogP contribution in [0.15, 0.2) is 42.5 Å². The van der Waals surface area contributed by atoms with Crippen LogP contribution in [0, 0.1) is 6.92 Å². The van der Waals surface area contributed by atoms with E-state index in [4.69, 9.17) is 28.9 Å². The highest BCUT2D eigenvalue weighted by molar-refractivity contribution is 6.33. The molecule has 1 heterocycles. The van der Waals surface area contributed by atoms with Crippen LogP contribution in [-0.2, 0) is 0 Å². The maximum absolute atomic E-state index is 6.35. The lowest BCUT2D eigenvalue weighted by atomic mass is 10.00. The summed E-state index contributed by atoms with van der Waals surface area (Å²) in [7, 11) is 0. The summed E-state index contributed by atoms with van der Waals surface area (Å²) in [5.74, 6) is 0.434. The van der Waals surface area contributed by atoms with Gasteiger partial charge >= 0.3 is 0 Å². The van der Waals surface area contributed by atoms with Gasteiger partial charge in [-0.1, -0.05) is 47.5 Å². The van der Waals surface area contributed by atoms with Crippen molar-refractivity contribution >= 4 is 29.0 Å². The molecule has 3 rings (SSSR count). The molecule has 0 saturated heterocycles. The Bertz CT molecular complexity index is 792. The first-order valence-electron chi connectivity index (χ1n) is 6.42. The number of hydrogen-bond acceptors (Lipinski definition) is 2. The Hall–Kier alpha value is -1.97. The molecule has 3 aromatic rings. The monoisotopic (exact) mass is 317 g/mol. The lowest BCUT2D eigenvalue weighted by Crippen LogP contribution is -1.89. The molecule has 5 heteroatoms. The summed E-state index contributed by atoms with van der Waals surface area (Å²) >= 11 is 12.3. The minimum atomic E-state index is 0.434. The third kappa shape index (κ3) is 2.62. The zero-order chi connectivity index (χ0) is 15.0. The molecule has 3 nitrogen and oxygen atoms in total. The first-order chi connectivity index (χ1) is 10.1. The van der Waals surface area contributed by atoms with Gasteiger partial charge in [0.15, 0.2) is 5.82 Å². The van der Waals surface area contributed by atoms with Crippen molar-refractivity contribution in [1.82, 2.24) is 10.2 Å². The fourth-order valence-electron chi connectivity index (χ4n) is 2.28. The number of hydrogen-bond donors (Lipinski definition) is 2. The van der Waals surface area contributed by atoms with Crippen LogP contribution in [0.25, 0.3) is 22.4 Å². The van der Waals surface area contributed by atoms with Crippen molar-refractivity contribution in [3.63, 3.8) is 0 Å². The van der Waals surface area contributed by atoms with Crippen LogP contribution in [-0.4, -0.2) is 10.2 Å². The van der Waals surface area contributed by atoms with Crippen LogP contribution in [0.5, 0.6) is 0 Å². The Balaban J connectivity index is 2.19. The Morgan fingerprint density at radius 1 is 1.05 bits per heavy atom. The molecule has 0 unspecified atom stereocenters. The van der Waals surface area contributed by atoms with E-state index in [-0.39, 0.29) is 0 Å². The minimum absolute atomic E-state index is 0.434. The summed E-state index contributed by atoms with van der Waals surface area (Å²) < 4.78 is 0. The smallest absolute Gasteiger partial charge is 0.153 e. The van der Waals surface area contributed by atoms with Gasteiger partial charge in [0.2, 0.25) is 0 Å². The van der Waals surface area contributed by atoms with E-state index in [1.54, 1.807) is 0 Å². The molecule has 2 aromatic carbocycles. The number of nitrogens with one attached hydrogen (secondary N) is 1. The number of halogens is 2. The Labute approximate surface area is 132 Å². The molecule has 1 aromatic heterocycles. The number of aromatic nitrogens is 2. The predicted molar refractivity (Wildman–Crippen MR) is 88.6 cm³/mol. The Morgan fingerprint density at radius 3 is 2.43 bits per heavy atom. The number of nitrogens with zero attached hydrogens (tertiary/aromatic N) is 1. The SMILES string of the molecule is Cc1ccc(-c2[nH]nc(N)c2-c2ccc(Cl)cc2)c(Cl)c1. The molecule has 0 saturated carbocycles. The lowest BCUT2D eigenvalue weighted by Gasteiger charge is -2.07. The quantitative estimate of drug-likeness (QED) is 0.703. The van der Waals surface area contributed by atoms with Crippen LogP contribution < -0.4 is 5.73 Å². The Kier molecular flexibility index (Phi) is 3.62. The van der Waals surface area contributed by atoms with E-state index in [9.17, 15) is 0 Å². The van der Waals surface area contributed by atoms with Gasteiger partial charge in [0.05, 0.1) is 16.3 Å². The van der Waals surface area contributed by atoms with Gasteiger partial charge in [-0.2, -0.15) is 5.10 Å². The van der Waals surface area contributed by atoms with Gasteiger partial charge in [-0.05, 0) is 36.2 Å². The predicted octanol–water partition coefficient (Wildman–Crippen LogP) is 4.94. The van der Waals surface area contributed by atoms with E-state index in [1.165, 1.54) is 0 Å². The largest absolute Gasteiger partial charge is 0.382 e. The summed E-state index contributed by atoms with van der Waals surface area (Å²) in [5, 5.41) is 8.43. The molecule has 0 atom stereocenters. The van der Waals surface area contributed by atoms with Gasteiger partial charge in [0, 0.05) is 10.6 Å². The summed E-state index contributed by atoms with van der Waals surface area (Å²) in [4.78, 5) is 0. The summed E-state index contributed by atoms with van der Waals surface area (Å²) in [6.07, 6.45) is 0. The maximum atomic E-state index is 6.35. The molecule has 0 bridgehead atoms. The molecule has 0 fully saturated rings. The number of rotatable bonds is 2. The molecular formula is C16H13Cl2N3. The molecular weight excluding hydrogens is 305 g/mol. The van der Waals surface area contributed by atoms with Gasteiger partial charge in [0.1, 0.15) is 0 Å². The fourth-order valence-corrected chi connectivity index (χ4v) is 2.74. The average Bonchev–Trinajstić information content (AvgIpc) is 2.82. The number of anilines is 1. The molecule has 0 aliphatic heterocycles. The molecule has 106 valence electrons. The van der Waals surface area contributed by atoms with Gasteiger partial charge in [-0.15, -0.1) is 0 Å². The summed E-state index contributed by atoms with van der Waals surface area (Å²) in [5.41, 5.74) is 10.6. The van der Waals surface area contributed by atoms with Crippen molar-refractivity contribution < 1.29 is 0 Å². The van der Waals surface area contributed by atoms with E-state index in [0.29, 0.717) is 15.9 Å². The van der Waals surface area contributed by atoms with Gasteiger partial charge in [0.25, 0.3) is 0 Å². The second-order valence-corrected chi connectivity index (χ2v) is 5.69. The van der Waals surface area contributed by atoms with Crippen LogP contribution in [0.1, 0.15) is 5.56 Å². The highest BCUT2D eigenvalue weighted by Gasteiger charge is 2.16. The van der Waals surface area contributed by atoms with E-state index in [0.717, 1.165) is 27.9 Å². The van der Waals surface area contributed by atoms with Crippen LogP contribution in [0.4, 0.5) is 5.82 Å². The van der Waals surface area contributed by atoms with Crippen LogP contribution in [0.2, 0.25) is 10.0 Å². The molecule has 0 amide bonds. The van der Waals surface area contributed by atoms with E-state index >= 15 is 0 Å². The summed E-state index contributed by atoms with van der Waals surface area (Å²) in [6.45, 7) is 2.00. The maximum Gasteiger partial charge on any atom is 0.153 e. The molecule has 3 N–H and O–H groups in total. The van der Waals surface area contributed by atoms with Crippen molar-refractivity contribution in [3.8, 4) is 22.4 Å². The molecule has 0 aliphatic rings. The lowest BCUT2D eigenvalue weighted by molar-refractivity contribution is 1.10. The molecule has 0 radical (unpaired) electrons. The van der Waals surface area contributed by atoms with Gasteiger partial charge < -0.3 is 5.73 Å². The number of aromatic amines is 1. The Morgan fingerprint density at radius 2 is 1.76 bits per heavy atom. The topological polar surface area (TPSA) is 54.7 Å². The van der Waals surface area contributed by atoms with Crippen LogP contribution >= 0.6 is 23.2 Å². The number of benzene rings is 2. The highest BCUT2D eigenvalue weighted by atomic mass is 35.5. The van der Waals surface area contributed by atoms with Crippen molar-refractivity contribution in [1.29, 1.82) is 0 Å². The van der Waals surface area contributed by atoms with E-state index in [2.05, 4.69) is 10.2 Å². The van der Waals surface area contributed by atoms with Gasteiger partial charge in [-0.25, -0.2) is 0 Å². The first kappa shape index (κ1) is 14.0. The number of aryl methyl sites for hydroxylation is 1. The molecule has 0 aliphatic carbocycles. The van der Waals surface area contributed by atoms with E-state index in [1.807, 2.05) is 49.4 Å². The van der Waals surface area contributed by atoms with Crippen LogP contribution in [0.3, 0.4) is 0 Å². The van der Waals surface area contributed by atoms with Crippen molar-refractivity contribution in [2.45, 2.75) is 6.92 Å². The standard InChI is InChI=1S/C16H13Cl2N3/c1-9-2-7-12(13(18)8-9)15-14(16(19)21-20-15)10-3-5-11(17)6-4-10/h2-8H,1H3,(H3,19,20,21). The minimum Gasteiger partial charge on any atom is -0.382 e. The zero-order valence-corrected chi connectivity index (χ0v) is 12.8. The zero-order valence-electron chi connectivity index (χ0n) is 11.3. The number of nitrogen functional groups attached to an aromatic ring is 1. The second-order valence-electron chi connectivity index (χ2n) is 4.85. The molecule has 0 spiro atoms. The van der Waals surface area contributed by atoms with Crippen molar-refractivity contribution in [2.24, 2.45) is 0 Å². The van der Waals surface area contributed by atoms with Crippen molar-refractivity contribution in [3.05, 3.63) is 58.1 Å². The van der Waals surface area contributed by atoms with Gasteiger partial charge in [-0.3, -0.25) is 5.10 Å². The highest BCUT2D eigenvalue weighted by Crippen LogP contribution is 2.38. The number of nitrogens with two attached hydrogens (primary N) is 1. The fraction of sp³-hybridized carbons (Fsp3) is 0.0625. The normalized spacial score (nSPS) is 10.8. The third-order valence-corrected chi connectivity index (χ3v) is 3.89. The second kappa shape index (κ2) is 5.43. The third-order valence-electron chi connectivity index (χ3n) is 3.32.